The van der Waals surface area contributed by atoms with Crippen molar-refractivity contribution < 1.29 is 28.7 Å². The van der Waals surface area contributed by atoms with Gasteiger partial charge >= 0.3 is 5.97 Å². The molecule has 6 aromatic rings. The Morgan fingerprint density at radius 2 is 1.53 bits per heavy atom. The zero-order valence-corrected chi connectivity index (χ0v) is 34.8. The maximum atomic E-state index is 14.4. The molecule has 12 heteroatoms. The highest BCUT2D eigenvalue weighted by atomic mass is 32.2. The molecule has 3 amide bonds. The lowest BCUT2D eigenvalue weighted by molar-refractivity contribution is -0.116. The van der Waals surface area contributed by atoms with E-state index in [1.807, 2.05) is 67.6 Å². The van der Waals surface area contributed by atoms with Crippen molar-refractivity contribution in [2.45, 2.75) is 36.6 Å². The molecule has 0 bridgehead atoms. The number of nitrogens with one attached hydrogen (secondary N) is 3. The van der Waals surface area contributed by atoms with Crippen molar-refractivity contribution in [3.05, 3.63) is 183 Å². The van der Waals surface area contributed by atoms with E-state index in [1.165, 1.54) is 35.8 Å². The zero-order chi connectivity index (χ0) is 41.8. The Morgan fingerprint density at radius 1 is 0.833 bits per heavy atom. The van der Waals surface area contributed by atoms with Crippen molar-refractivity contribution in [2.24, 2.45) is 0 Å². The van der Waals surface area contributed by atoms with Crippen LogP contribution < -0.4 is 20.7 Å². The highest BCUT2D eigenvalue weighted by Crippen LogP contribution is 2.41. The van der Waals surface area contributed by atoms with E-state index in [4.69, 9.17) is 9.47 Å². The molecule has 1 aliphatic rings. The number of anilines is 2. The molecule has 0 saturated heterocycles. The standard InChI is InChI=1S/C48H44N4O6S2/c1-3-58-37-24-22-32(23-25-37)28-40(50-44(53)35-18-11-6-12-19-35)45(54)49-36-20-13-21-38(29-36)59-43(34-16-9-5-10-17-34)46(55)51-47-42(48(56)57-2)39-26-27-52(31-41(39)60-47)30-33-14-7-4-8-15-33/h4-25,28-29,43H,3,26-27,30-31H2,1-2H3,(H,49,54)(H,50,53)(H,51,55)/b40-28+. The molecule has 1 atom stereocenters. The Labute approximate surface area is 357 Å². The van der Waals surface area contributed by atoms with E-state index < -0.39 is 23.0 Å². The summed E-state index contributed by atoms with van der Waals surface area (Å²) >= 11 is 2.72. The van der Waals surface area contributed by atoms with Crippen LogP contribution >= 0.6 is 23.1 Å². The number of benzene rings is 5. The minimum absolute atomic E-state index is 0.0378. The minimum Gasteiger partial charge on any atom is -0.494 e. The van der Waals surface area contributed by atoms with E-state index in [-0.39, 0.29) is 11.6 Å². The third kappa shape index (κ3) is 10.6. The summed E-state index contributed by atoms with van der Waals surface area (Å²) in [6.45, 7) is 4.62. The van der Waals surface area contributed by atoms with Gasteiger partial charge in [0.25, 0.3) is 11.8 Å². The maximum absolute atomic E-state index is 14.4. The van der Waals surface area contributed by atoms with Gasteiger partial charge in [0, 0.05) is 40.7 Å². The van der Waals surface area contributed by atoms with Crippen LogP contribution in [0.5, 0.6) is 5.75 Å². The topological polar surface area (TPSA) is 126 Å². The molecule has 60 heavy (non-hydrogen) atoms. The van der Waals surface area contributed by atoms with Gasteiger partial charge in [-0.05, 0) is 84.1 Å². The predicted molar refractivity (Wildman–Crippen MR) is 238 cm³/mol. The molecule has 0 fully saturated rings. The quantitative estimate of drug-likeness (QED) is 0.0531. The molecule has 1 aliphatic heterocycles. The largest absolute Gasteiger partial charge is 0.494 e. The van der Waals surface area contributed by atoms with Gasteiger partial charge in [0.05, 0.1) is 19.3 Å². The molecule has 1 aromatic heterocycles. The molecular weight excluding hydrogens is 793 g/mol. The van der Waals surface area contributed by atoms with Gasteiger partial charge in [0.2, 0.25) is 5.91 Å². The predicted octanol–water partition coefficient (Wildman–Crippen LogP) is 9.37. The van der Waals surface area contributed by atoms with E-state index in [1.54, 1.807) is 72.8 Å². The molecule has 304 valence electrons. The summed E-state index contributed by atoms with van der Waals surface area (Å²) in [5, 5.41) is 8.56. The average Bonchev–Trinajstić information content (AvgIpc) is 3.63. The van der Waals surface area contributed by atoms with Crippen molar-refractivity contribution in [3.8, 4) is 5.75 Å². The summed E-state index contributed by atoms with van der Waals surface area (Å²) in [5.41, 5.74) is 4.87. The van der Waals surface area contributed by atoms with Gasteiger partial charge in [0.15, 0.2) is 0 Å². The van der Waals surface area contributed by atoms with Crippen LogP contribution in [0.4, 0.5) is 10.7 Å². The Bertz CT molecular complexity index is 2470. The first-order valence-electron chi connectivity index (χ1n) is 19.5. The van der Waals surface area contributed by atoms with E-state index >= 15 is 0 Å². The third-order valence-corrected chi connectivity index (χ3v) is 12.1. The van der Waals surface area contributed by atoms with E-state index in [0.717, 1.165) is 29.1 Å². The van der Waals surface area contributed by atoms with Gasteiger partial charge in [-0.3, -0.25) is 19.3 Å². The van der Waals surface area contributed by atoms with Crippen molar-refractivity contribution in [1.29, 1.82) is 0 Å². The fraction of sp³-hybridized carbons (Fsp3) is 0.167. The van der Waals surface area contributed by atoms with E-state index in [0.29, 0.717) is 57.6 Å². The number of carbonyl (C=O) groups is 4. The summed E-state index contributed by atoms with van der Waals surface area (Å²) in [5.74, 6) is -1.07. The van der Waals surface area contributed by atoms with Crippen molar-refractivity contribution in [2.75, 3.05) is 30.9 Å². The van der Waals surface area contributed by atoms with Crippen molar-refractivity contribution in [1.82, 2.24) is 10.2 Å². The first-order chi connectivity index (χ1) is 29.3. The molecule has 7 rings (SSSR count). The zero-order valence-electron chi connectivity index (χ0n) is 33.2. The number of amides is 3. The summed E-state index contributed by atoms with van der Waals surface area (Å²) in [6.07, 6.45) is 2.26. The van der Waals surface area contributed by atoms with Gasteiger partial charge in [-0.1, -0.05) is 97.1 Å². The smallest absolute Gasteiger partial charge is 0.341 e. The van der Waals surface area contributed by atoms with Gasteiger partial charge in [-0.25, -0.2) is 4.79 Å². The average molecular weight is 837 g/mol. The summed E-state index contributed by atoms with van der Waals surface area (Å²) < 4.78 is 10.8. The molecule has 5 aromatic carbocycles. The summed E-state index contributed by atoms with van der Waals surface area (Å²) in [7, 11) is 1.35. The summed E-state index contributed by atoms with van der Waals surface area (Å²) in [4.78, 5) is 58.8. The van der Waals surface area contributed by atoms with Crippen LogP contribution in [0.25, 0.3) is 6.08 Å². The lowest BCUT2D eigenvalue weighted by Crippen LogP contribution is -2.30. The number of rotatable bonds is 15. The maximum Gasteiger partial charge on any atom is 0.341 e. The van der Waals surface area contributed by atoms with Crippen LogP contribution in [0, 0.1) is 0 Å². The molecule has 1 unspecified atom stereocenters. The number of nitrogens with zero attached hydrogens (tertiary/aromatic N) is 1. The molecule has 0 aliphatic carbocycles. The normalized spacial score (nSPS) is 13.1. The van der Waals surface area contributed by atoms with E-state index in [9.17, 15) is 19.2 Å². The summed E-state index contributed by atoms with van der Waals surface area (Å²) in [6, 6.07) is 42.7. The number of thiophene rings is 1. The van der Waals surface area contributed by atoms with Gasteiger partial charge in [-0.2, -0.15) is 0 Å². The van der Waals surface area contributed by atoms with Crippen LogP contribution in [0.3, 0.4) is 0 Å². The first kappa shape index (κ1) is 41.7. The van der Waals surface area contributed by atoms with Crippen LogP contribution in [0.1, 0.15) is 60.0 Å². The minimum atomic E-state index is -0.725. The second-order valence-corrected chi connectivity index (χ2v) is 16.2. The monoisotopic (exact) mass is 836 g/mol. The highest BCUT2D eigenvalue weighted by molar-refractivity contribution is 8.00. The Kier molecular flexibility index (Phi) is 13.9. The van der Waals surface area contributed by atoms with E-state index in [2.05, 4.69) is 33.0 Å². The second-order valence-electron chi connectivity index (χ2n) is 13.9. The molecule has 2 heterocycles. The fourth-order valence-corrected chi connectivity index (χ4v) is 9.20. The number of carbonyl (C=O) groups excluding carboxylic acids is 4. The number of ether oxygens (including phenoxy) is 2. The van der Waals surface area contributed by atoms with Crippen LogP contribution in [-0.2, 0) is 33.8 Å². The lowest BCUT2D eigenvalue weighted by Gasteiger charge is -2.27. The molecule has 0 spiro atoms. The number of hydrogen-bond donors (Lipinski definition) is 3. The lowest BCUT2D eigenvalue weighted by atomic mass is 10.0. The number of fused-ring (bicyclic) bond motifs is 1. The fourth-order valence-electron chi connectivity index (χ4n) is 6.83. The van der Waals surface area contributed by atoms with Gasteiger partial charge in [0.1, 0.15) is 21.7 Å². The number of esters is 1. The van der Waals surface area contributed by atoms with Crippen molar-refractivity contribution >= 4 is 63.6 Å². The molecule has 10 nitrogen and oxygen atoms in total. The van der Waals surface area contributed by atoms with Crippen LogP contribution in [0.15, 0.2) is 150 Å². The SMILES string of the molecule is CCOc1ccc(/C=C(/NC(=O)c2ccccc2)C(=O)Nc2cccc(SC(C(=O)Nc3sc4c(c3C(=O)OC)CCN(Cc3ccccc3)C4)c3ccccc3)c2)cc1. The Hall–Kier alpha value is -6.47. The Balaban J connectivity index is 1.11. The number of hydrogen-bond acceptors (Lipinski definition) is 9. The van der Waals surface area contributed by atoms with Crippen LogP contribution in [-0.4, -0.2) is 48.9 Å². The van der Waals surface area contributed by atoms with Gasteiger partial charge < -0.3 is 25.4 Å². The first-order valence-corrected chi connectivity index (χ1v) is 21.2. The van der Waals surface area contributed by atoms with Crippen LogP contribution in [0.2, 0.25) is 0 Å². The second kappa shape index (κ2) is 20.0. The van der Waals surface area contributed by atoms with Crippen molar-refractivity contribution in [3.63, 3.8) is 0 Å². The third-order valence-electron chi connectivity index (χ3n) is 9.73. The number of thioether (sulfide) groups is 1. The highest BCUT2D eigenvalue weighted by Gasteiger charge is 2.31. The Morgan fingerprint density at radius 3 is 2.23 bits per heavy atom. The number of methoxy groups -OCH3 is 1. The molecular formula is C48H44N4O6S2. The molecule has 3 N–H and O–H groups in total. The molecule has 0 saturated carbocycles. The van der Waals surface area contributed by atoms with Gasteiger partial charge in [-0.15, -0.1) is 23.1 Å². The molecule has 0 radical (unpaired) electrons.